The van der Waals surface area contributed by atoms with Crippen molar-refractivity contribution in [3.63, 3.8) is 0 Å². The molecule has 4 N–H and O–H groups in total. The molecule has 1 aliphatic carbocycles. The standard InChI is InChI=1S/C21H27N3O3/c1-13(22)20(25)24-19-17-11-9-16(27-2)12-14(17)8-10-18(19)21(26)23-15-6-4-3-5-7-15/h8-13,15H,3-7,22H2,1-2H3,(H,23,26)(H,24,25). The largest absolute Gasteiger partial charge is 0.497 e. The van der Waals surface area contributed by atoms with E-state index in [9.17, 15) is 9.59 Å². The minimum atomic E-state index is -0.673. The van der Waals surface area contributed by atoms with E-state index in [1.54, 1.807) is 20.1 Å². The molecular formula is C21H27N3O3. The third kappa shape index (κ3) is 4.39. The molecule has 0 aliphatic heterocycles. The molecule has 1 saturated carbocycles. The van der Waals surface area contributed by atoms with E-state index in [4.69, 9.17) is 10.5 Å². The van der Waals surface area contributed by atoms with Gasteiger partial charge >= 0.3 is 0 Å². The first kappa shape index (κ1) is 19.2. The van der Waals surface area contributed by atoms with Gasteiger partial charge in [0.15, 0.2) is 0 Å². The number of hydrogen-bond acceptors (Lipinski definition) is 4. The van der Waals surface area contributed by atoms with E-state index in [-0.39, 0.29) is 17.9 Å². The molecule has 1 atom stereocenters. The smallest absolute Gasteiger partial charge is 0.253 e. The lowest BCUT2D eigenvalue weighted by Gasteiger charge is -2.24. The number of hydrogen-bond donors (Lipinski definition) is 3. The molecule has 0 radical (unpaired) electrons. The van der Waals surface area contributed by atoms with Crippen LogP contribution in [0.15, 0.2) is 30.3 Å². The Balaban J connectivity index is 1.99. The third-order valence-corrected chi connectivity index (χ3v) is 5.07. The molecule has 6 heteroatoms. The quantitative estimate of drug-likeness (QED) is 0.754. The number of nitrogens with one attached hydrogen (secondary N) is 2. The van der Waals surface area contributed by atoms with Gasteiger partial charge in [0.25, 0.3) is 5.91 Å². The zero-order chi connectivity index (χ0) is 19.4. The van der Waals surface area contributed by atoms with Crippen molar-refractivity contribution in [1.29, 1.82) is 0 Å². The molecule has 1 fully saturated rings. The third-order valence-electron chi connectivity index (χ3n) is 5.07. The maximum absolute atomic E-state index is 12.9. The topological polar surface area (TPSA) is 93.4 Å². The molecule has 3 rings (SSSR count). The van der Waals surface area contributed by atoms with Crippen molar-refractivity contribution in [2.24, 2.45) is 5.73 Å². The van der Waals surface area contributed by atoms with Gasteiger partial charge in [0.05, 0.1) is 24.4 Å². The molecule has 27 heavy (non-hydrogen) atoms. The average molecular weight is 369 g/mol. The SMILES string of the molecule is COc1ccc2c(NC(=O)C(C)N)c(C(=O)NC3CCCCC3)ccc2c1. The molecule has 2 amide bonds. The van der Waals surface area contributed by atoms with Crippen LogP contribution >= 0.6 is 0 Å². The molecule has 2 aromatic rings. The summed E-state index contributed by atoms with van der Waals surface area (Å²) in [5.41, 5.74) is 6.66. The summed E-state index contributed by atoms with van der Waals surface area (Å²) in [5.74, 6) is 0.219. The van der Waals surface area contributed by atoms with E-state index in [1.165, 1.54) is 6.42 Å². The van der Waals surface area contributed by atoms with Crippen molar-refractivity contribution in [1.82, 2.24) is 5.32 Å². The van der Waals surface area contributed by atoms with E-state index in [1.807, 2.05) is 24.3 Å². The zero-order valence-electron chi connectivity index (χ0n) is 15.9. The summed E-state index contributed by atoms with van der Waals surface area (Å²) >= 11 is 0. The van der Waals surface area contributed by atoms with Crippen LogP contribution in [0, 0.1) is 0 Å². The summed E-state index contributed by atoms with van der Waals surface area (Å²) in [7, 11) is 1.60. The minimum Gasteiger partial charge on any atom is -0.497 e. The Bertz CT molecular complexity index is 842. The zero-order valence-corrected chi connectivity index (χ0v) is 15.9. The molecule has 0 bridgehead atoms. The van der Waals surface area contributed by atoms with Crippen molar-refractivity contribution >= 4 is 28.3 Å². The molecule has 1 aliphatic rings. The van der Waals surface area contributed by atoms with Crippen LogP contribution in [0.4, 0.5) is 5.69 Å². The lowest BCUT2D eigenvalue weighted by Crippen LogP contribution is -2.37. The van der Waals surface area contributed by atoms with Crippen LogP contribution in [0.3, 0.4) is 0 Å². The Kier molecular flexibility index (Phi) is 5.96. The van der Waals surface area contributed by atoms with Crippen molar-refractivity contribution in [2.75, 3.05) is 12.4 Å². The highest BCUT2D eigenvalue weighted by molar-refractivity contribution is 6.13. The Hall–Kier alpha value is -2.60. The molecular weight excluding hydrogens is 342 g/mol. The highest BCUT2D eigenvalue weighted by atomic mass is 16.5. The van der Waals surface area contributed by atoms with E-state index in [0.29, 0.717) is 17.0 Å². The Labute approximate surface area is 159 Å². The first-order valence-corrected chi connectivity index (χ1v) is 9.47. The summed E-state index contributed by atoms with van der Waals surface area (Å²) < 4.78 is 5.27. The second kappa shape index (κ2) is 8.39. The van der Waals surface area contributed by atoms with Crippen LogP contribution in [-0.2, 0) is 4.79 Å². The second-order valence-corrected chi connectivity index (χ2v) is 7.16. The van der Waals surface area contributed by atoms with Crippen LogP contribution in [0.25, 0.3) is 10.8 Å². The number of carbonyl (C=O) groups is 2. The first-order valence-electron chi connectivity index (χ1n) is 9.47. The maximum Gasteiger partial charge on any atom is 0.253 e. The van der Waals surface area contributed by atoms with Crippen LogP contribution in [0.2, 0.25) is 0 Å². The predicted molar refractivity (Wildman–Crippen MR) is 107 cm³/mol. The molecule has 0 spiro atoms. The van der Waals surface area contributed by atoms with Crippen molar-refractivity contribution < 1.29 is 14.3 Å². The van der Waals surface area contributed by atoms with E-state index < -0.39 is 6.04 Å². The number of anilines is 1. The highest BCUT2D eigenvalue weighted by Crippen LogP contribution is 2.31. The number of fused-ring (bicyclic) bond motifs is 1. The Morgan fingerprint density at radius 3 is 2.56 bits per heavy atom. The highest BCUT2D eigenvalue weighted by Gasteiger charge is 2.21. The lowest BCUT2D eigenvalue weighted by molar-refractivity contribution is -0.117. The normalized spacial score (nSPS) is 16.0. The van der Waals surface area contributed by atoms with Gasteiger partial charge < -0.3 is 21.1 Å². The number of nitrogens with two attached hydrogens (primary N) is 1. The molecule has 1 unspecified atom stereocenters. The van der Waals surface area contributed by atoms with E-state index in [0.717, 1.165) is 36.5 Å². The summed E-state index contributed by atoms with van der Waals surface area (Å²) in [6.45, 7) is 1.62. The summed E-state index contributed by atoms with van der Waals surface area (Å²) in [4.78, 5) is 25.2. The second-order valence-electron chi connectivity index (χ2n) is 7.16. The molecule has 0 saturated heterocycles. The maximum atomic E-state index is 12.9. The van der Waals surface area contributed by atoms with Gasteiger partial charge in [0, 0.05) is 11.4 Å². The van der Waals surface area contributed by atoms with Crippen molar-refractivity contribution in [3.05, 3.63) is 35.9 Å². The number of ether oxygens (including phenoxy) is 1. The fourth-order valence-corrected chi connectivity index (χ4v) is 3.51. The van der Waals surface area contributed by atoms with Crippen LogP contribution in [0.1, 0.15) is 49.4 Å². The molecule has 2 aromatic carbocycles. The van der Waals surface area contributed by atoms with Gasteiger partial charge in [-0.3, -0.25) is 9.59 Å². The number of methoxy groups -OCH3 is 1. The van der Waals surface area contributed by atoms with Crippen molar-refractivity contribution in [3.8, 4) is 5.75 Å². The van der Waals surface area contributed by atoms with Gasteiger partial charge in [0.2, 0.25) is 5.91 Å². The van der Waals surface area contributed by atoms with Gasteiger partial charge in [0.1, 0.15) is 5.75 Å². The summed E-state index contributed by atoms with van der Waals surface area (Å²) in [6, 6.07) is 8.67. The monoisotopic (exact) mass is 369 g/mol. The Morgan fingerprint density at radius 2 is 1.89 bits per heavy atom. The minimum absolute atomic E-state index is 0.167. The fraction of sp³-hybridized carbons (Fsp3) is 0.429. The van der Waals surface area contributed by atoms with Gasteiger partial charge in [-0.1, -0.05) is 25.3 Å². The van der Waals surface area contributed by atoms with Gasteiger partial charge in [-0.15, -0.1) is 0 Å². The summed E-state index contributed by atoms with van der Waals surface area (Å²) in [5, 5.41) is 7.62. The molecule has 0 aromatic heterocycles. The van der Waals surface area contributed by atoms with E-state index >= 15 is 0 Å². The predicted octanol–water partition coefficient (Wildman–Crippen LogP) is 3.20. The number of amides is 2. The lowest BCUT2D eigenvalue weighted by atomic mass is 9.95. The summed E-state index contributed by atoms with van der Waals surface area (Å²) in [6.07, 6.45) is 5.49. The number of rotatable bonds is 5. The molecule has 6 nitrogen and oxygen atoms in total. The molecule has 0 heterocycles. The van der Waals surface area contributed by atoms with E-state index in [2.05, 4.69) is 10.6 Å². The van der Waals surface area contributed by atoms with Crippen LogP contribution in [0.5, 0.6) is 5.75 Å². The molecule has 144 valence electrons. The van der Waals surface area contributed by atoms with Crippen molar-refractivity contribution in [2.45, 2.75) is 51.1 Å². The number of carbonyl (C=O) groups excluding carboxylic acids is 2. The fourth-order valence-electron chi connectivity index (χ4n) is 3.51. The van der Waals surface area contributed by atoms with Crippen LogP contribution < -0.4 is 21.1 Å². The first-order chi connectivity index (χ1) is 13.0. The van der Waals surface area contributed by atoms with Gasteiger partial charge in [-0.05, 0) is 49.4 Å². The number of benzene rings is 2. The van der Waals surface area contributed by atoms with Crippen LogP contribution in [-0.4, -0.2) is 31.0 Å². The average Bonchev–Trinajstić information content (AvgIpc) is 2.68. The van der Waals surface area contributed by atoms with Gasteiger partial charge in [-0.25, -0.2) is 0 Å². The Morgan fingerprint density at radius 1 is 1.15 bits per heavy atom. The van der Waals surface area contributed by atoms with Gasteiger partial charge in [-0.2, -0.15) is 0 Å².